The summed E-state index contributed by atoms with van der Waals surface area (Å²) in [5.74, 6) is 0.673. The molecule has 5 nitrogen and oxygen atoms in total. The number of carbonyl (C=O) groups is 1. The lowest BCUT2D eigenvalue weighted by atomic mass is 10.0. The molecule has 0 saturated heterocycles. The summed E-state index contributed by atoms with van der Waals surface area (Å²) in [7, 11) is 0. The molecule has 4 aromatic rings. The van der Waals surface area contributed by atoms with Gasteiger partial charge in [-0.05, 0) is 79.8 Å². The zero-order valence-corrected chi connectivity index (χ0v) is 21.1. The molecule has 6 heteroatoms. The number of aromatic nitrogens is 3. The minimum absolute atomic E-state index is 0.127. The third-order valence-corrected chi connectivity index (χ3v) is 6.20. The maximum atomic E-state index is 13.2. The SMILES string of the molecule is Cc1cccc(-c2nc(C(=O)Nc3ccc(Br)cc3C(C)C)nn2-c2ccc(C)c(C)c2)c1. The molecule has 168 valence electrons. The number of amides is 1. The van der Waals surface area contributed by atoms with Crippen molar-refractivity contribution in [2.24, 2.45) is 0 Å². The van der Waals surface area contributed by atoms with Gasteiger partial charge in [0.05, 0.1) is 5.69 Å². The van der Waals surface area contributed by atoms with E-state index in [0.717, 1.165) is 38.1 Å². The molecule has 0 radical (unpaired) electrons. The van der Waals surface area contributed by atoms with Crippen LogP contribution in [0.1, 0.15) is 52.6 Å². The van der Waals surface area contributed by atoms with Gasteiger partial charge >= 0.3 is 0 Å². The summed E-state index contributed by atoms with van der Waals surface area (Å²) in [4.78, 5) is 17.9. The highest BCUT2D eigenvalue weighted by Crippen LogP contribution is 2.29. The van der Waals surface area contributed by atoms with E-state index in [1.165, 1.54) is 5.56 Å². The van der Waals surface area contributed by atoms with E-state index in [1.807, 2.05) is 49.4 Å². The van der Waals surface area contributed by atoms with Gasteiger partial charge in [-0.2, -0.15) is 0 Å². The average Bonchev–Trinajstić information content (AvgIpc) is 3.22. The van der Waals surface area contributed by atoms with Crippen molar-refractivity contribution in [3.8, 4) is 17.1 Å². The van der Waals surface area contributed by atoms with Crippen LogP contribution in [0.4, 0.5) is 5.69 Å². The summed E-state index contributed by atoms with van der Waals surface area (Å²) in [6.07, 6.45) is 0. The molecule has 0 aliphatic rings. The standard InChI is InChI=1S/C27H27BrN4O/c1-16(2)23-15-21(28)10-12-24(23)29-27(33)25-30-26(20-8-6-7-17(3)13-20)32(31-25)22-11-9-18(4)19(5)14-22/h6-16H,1-5H3,(H,29,33). The van der Waals surface area contributed by atoms with Gasteiger partial charge < -0.3 is 5.32 Å². The van der Waals surface area contributed by atoms with E-state index in [0.29, 0.717) is 5.82 Å². The summed E-state index contributed by atoms with van der Waals surface area (Å²) >= 11 is 3.52. The minimum atomic E-state index is -0.337. The first-order valence-corrected chi connectivity index (χ1v) is 11.7. The molecule has 0 unspecified atom stereocenters. The van der Waals surface area contributed by atoms with Crippen LogP contribution in [-0.4, -0.2) is 20.7 Å². The Kier molecular flexibility index (Phi) is 6.47. The van der Waals surface area contributed by atoms with Crippen LogP contribution in [0.25, 0.3) is 17.1 Å². The highest BCUT2D eigenvalue weighted by Gasteiger charge is 2.20. The van der Waals surface area contributed by atoms with Gasteiger partial charge in [-0.3, -0.25) is 4.79 Å². The minimum Gasteiger partial charge on any atom is -0.319 e. The largest absolute Gasteiger partial charge is 0.319 e. The predicted molar refractivity (Wildman–Crippen MR) is 137 cm³/mol. The van der Waals surface area contributed by atoms with E-state index in [1.54, 1.807) is 4.68 Å². The second-order valence-electron chi connectivity index (χ2n) is 8.65. The number of halogens is 1. The quantitative estimate of drug-likeness (QED) is 0.319. The smallest absolute Gasteiger partial charge is 0.295 e. The van der Waals surface area contributed by atoms with Crippen molar-refractivity contribution in [2.75, 3.05) is 5.32 Å². The second kappa shape index (κ2) is 9.32. The zero-order valence-electron chi connectivity index (χ0n) is 19.5. The number of aryl methyl sites for hydroxylation is 3. The van der Waals surface area contributed by atoms with Gasteiger partial charge in [-0.15, -0.1) is 5.10 Å². The van der Waals surface area contributed by atoms with Crippen LogP contribution in [-0.2, 0) is 0 Å². The third kappa shape index (κ3) is 4.91. The molecule has 4 rings (SSSR count). The topological polar surface area (TPSA) is 59.8 Å². The van der Waals surface area contributed by atoms with Crippen molar-refractivity contribution in [2.45, 2.75) is 40.5 Å². The van der Waals surface area contributed by atoms with Crippen LogP contribution in [0.2, 0.25) is 0 Å². The molecule has 0 spiro atoms. The zero-order chi connectivity index (χ0) is 23.7. The van der Waals surface area contributed by atoms with Crippen molar-refractivity contribution in [3.63, 3.8) is 0 Å². The monoisotopic (exact) mass is 502 g/mol. The predicted octanol–water partition coefficient (Wildman–Crippen LogP) is 7.00. The van der Waals surface area contributed by atoms with Crippen molar-refractivity contribution in [3.05, 3.63) is 93.2 Å². The molecular formula is C27H27BrN4O. The number of anilines is 1. The maximum Gasteiger partial charge on any atom is 0.295 e. The van der Waals surface area contributed by atoms with E-state index >= 15 is 0 Å². The molecule has 1 heterocycles. The van der Waals surface area contributed by atoms with E-state index < -0.39 is 0 Å². The first-order chi connectivity index (χ1) is 15.7. The molecule has 0 saturated carbocycles. The highest BCUT2D eigenvalue weighted by atomic mass is 79.9. The summed E-state index contributed by atoms with van der Waals surface area (Å²) < 4.78 is 2.73. The van der Waals surface area contributed by atoms with Crippen LogP contribution in [0.5, 0.6) is 0 Å². The Labute approximate surface area is 203 Å². The van der Waals surface area contributed by atoms with Gasteiger partial charge in [0.15, 0.2) is 5.82 Å². The first-order valence-electron chi connectivity index (χ1n) is 11.0. The first kappa shape index (κ1) is 22.9. The van der Waals surface area contributed by atoms with Gasteiger partial charge in [-0.25, -0.2) is 9.67 Å². The number of nitrogens with one attached hydrogen (secondary N) is 1. The molecule has 1 amide bonds. The van der Waals surface area contributed by atoms with Crippen LogP contribution in [0, 0.1) is 20.8 Å². The molecule has 1 aromatic heterocycles. The number of carbonyl (C=O) groups excluding carboxylic acids is 1. The number of nitrogens with zero attached hydrogens (tertiary/aromatic N) is 3. The van der Waals surface area contributed by atoms with Crippen molar-refractivity contribution >= 4 is 27.5 Å². The van der Waals surface area contributed by atoms with Gasteiger partial charge in [0, 0.05) is 15.7 Å². The summed E-state index contributed by atoms with van der Waals surface area (Å²) in [6, 6.07) is 20.0. The Morgan fingerprint density at radius 1 is 0.970 bits per heavy atom. The molecular weight excluding hydrogens is 476 g/mol. The highest BCUT2D eigenvalue weighted by molar-refractivity contribution is 9.10. The van der Waals surface area contributed by atoms with Crippen molar-refractivity contribution in [1.29, 1.82) is 0 Å². The Hall–Kier alpha value is -3.25. The lowest BCUT2D eigenvalue weighted by Crippen LogP contribution is -2.16. The Morgan fingerprint density at radius 2 is 1.76 bits per heavy atom. The lowest BCUT2D eigenvalue weighted by Gasteiger charge is -2.13. The molecule has 0 aliphatic heterocycles. The fraction of sp³-hybridized carbons (Fsp3) is 0.222. The average molecular weight is 503 g/mol. The third-order valence-electron chi connectivity index (χ3n) is 5.71. The van der Waals surface area contributed by atoms with Crippen molar-refractivity contribution in [1.82, 2.24) is 14.8 Å². The lowest BCUT2D eigenvalue weighted by molar-refractivity contribution is 0.101. The van der Waals surface area contributed by atoms with E-state index in [9.17, 15) is 4.79 Å². The summed E-state index contributed by atoms with van der Waals surface area (Å²) in [5.41, 5.74) is 7.05. The molecule has 0 aliphatic carbocycles. The number of rotatable bonds is 5. The van der Waals surface area contributed by atoms with Gasteiger partial charge in [0.2, 0.25) is 5.82 Å². The van der Waals surface area contributed by atoms with Crippen LogP contribution in [0.3, 0.4) is 0 Å². The number of hydrogen-bond acceptors (Lipinski definition) is 3. The fourth-order valence-corrected chi connectivity index (χ4v) is 4.10. The van der Waals surface area contributed by atoms with Gasteiger partial charge in [-0.1, -0.05) is 59.6 Å². The second-order valence-corrected chi connectivity index (χ2v) is 9.56. The van der Waals surface area contributed by atoms with Crippen LogP contribution >= 0.6 is 15.9 Å². The number of benzene rings is 3. The van der Waals surface area contributed by atoms with E-state index in [-0.39, 0.29) is 17.6 Å². The molecule has 3 aromatic carbocycles. The summed E-state index contributed by atoms with van der Waals surface area (Å²) in [6.45, 7) is 10.4. The molecule has 0 fully saturated rings. The van der Waals surface area contributed by atoms with E-state index in [2.05, 4.69) is 77.2 Å². The Balaban J connectivity index is 1.78. The fourth-order valence-electron chi connectivity index (χ4n) is 3.72. The van der Waals surface area contributed by atoms with E-state index in [4.69, 9.17) is 0 Å². The maximum absolute atomic E-state index is 13.2. The normalized spacial score (nSPS) is 11.1. The Morgan fingerprint density at radius 3 is 2.45 bits per heavy atom. The van der Waals surface area contributed by atoms with Crippen LogP contribution < -0.4 is 5.32 Å². The Bertz CT molecular complexity index is 1340. The van der Waals surface area contributed by atoms with Crippen molar-refractivity contribution < 1.29 is 4.79 Å². The van der Waals surface area contributed by atoms with Gasteiger partial charge in [0.25, 0.3) is 5.91 Å². The number of hydrogen-bond donors (Lipinski definition) is 1. The molecule has 33 heavy (non-hydrogen) atoms. The molecule has 1 N–H and O–H groups in total. The molecule has 0 bridgehead atoms. The summed E-state index contributed by atoms with van der Waals surface area (Å²) in [5, 5.41) is 7.64. The van der Waals surface area contributed by atoms with Gasteiger partial charge in [0.1, 0.15) is 0 Å². The molecule has 0 atom stereocenters. The van der Waals surface area contributed by atoms with Crippen LogP contribution in [0.15, 0.2) is 65.1 Å².